The van der Waals surface area contributed by atoms with Crippen LogP contribution >= 0.6 is 0 Å². The fourth-order valence-corrected chi connectivity index (χ4v) is 2.03. The van der Waals surface area contributed by atoms with Gasteiger partial charge in [-0.15, -0.1) is 0 Å². The molecule has 0 aliphatic carbocycles. The molecule has 0 bridgehead atoms. The predicted octanol–water partition coefficient (Wildman–Crippen LogP) is 1.41. The molecule has 1 saturated heterocycles. The lowest BCUT2D eigenvalue weighted by Crippen LogP contribution is -2.34. The minimum Gasteiger partial charge on any atom is -0.503 e. The first-order chi connectivity index (χ1) is 8.73. The van der Waals surface area contributed by atoms with Crippen molar-refractivity contribution in [3.05, 3.63) is 29.1 Å². The monoisotopic (exact) mass is 275 g/mol. The Kier molecular flexibility index (Phi) is 3.17. The van der Waals surface area contributed by atoms with E-state index in [0.717, 1.165) is 4.90 Å². The number of aromatic hydroxyl groups is 1. The molecular weight excluding hydrogens is 263 g/mol. The van der Waals surface area contributed by atoms with Gasteiger partial charge in [0.05, 0.1) is 11.2 Å². The zero-order valence-corrected chi connectivity index (χ0v) is 10.1. The van der Waals surface area contributed by atoms with Crippen molar-refractivity contribution in [3.8, 4) is 5.75 Å². The number of phenols is 1. The third kappa shape index (κ3) is 2.37. The van der Waals surface area contributed by atoms with Gasteiger partial charge in [0.15, 0.2) is 17.4 Å². The molecule has 0 saturated carbocycles. The zero-order valence-electron chi connectivity index (χ0n) is 10.1. The fourth-order valence-electron chi connectivity index (χ4n) is 2.03. The number of halogens is 3. The molecule has 1 aliphatic heterocycles. The number of carbonyl (C=O) groups is 1. The van der Waals surface area contributed by atoms with E-state index in [-0.39, 0.29) is 13.1 Å². The van der Waals surface area contributed by atoms with Crippen LogP contribution in [-0.4, -0.2) is 39.7 Å². The smallest absolute Gasteiger partial charge is 0.257 e. The van der Waals surface area contributed by atoms with Crippen LogP contribution in [0.4, 0.5) is 13.2 Å². The van der Waals surface area contributed by atoms with E-state index < -0.39 is 40.3 Å². The van der Waals surface area contributed by atoms with Gasteiger partial charge in [0.25, 0.3) is 5.91 Å². The maximum absolute atomic E-state index is 13.6. The van der Waals surface area contributed by atoms with Gasteiger partial charge in [-0.05, 0) is 19.4 Å². The Bertz CT molecular complexity index is 546. The lowest BCUT2D eigenvalue weighted by molar-refractivity contribution is 0.0568. The van der Waals surface area contributed by atoms with Crippen molar-refractivity contribution in [2.45, 2.75) is 18.9 Å². The van der Waals surface area contributed by atoms with E-state index in [1.54, 1.807) is 0 Å². The number of carbonyl (C=O) groups excluding carboxylic acids is 1. The van der Waals surface area contributed by atoms with Gasteiger partial charge in [-0.2, -0.15) is 4.39 Å². The fraction of sp³-hybridized carbons (Fsp3) is 0.417. The van der Waals surface area contributed by atoms with Crippen LogP contribution in [0.5, 0.6) is 5.75 Å². The molecule has 2 N–H and O–H groups in total. The lowest BCUT2D eigenvalue weighted by atomic mass is 10.1. The highest BCUT2D eigenvalue weighted by Crippen LogP contribution is 2.28. The second-order valence-electron chi connectivity index (χ2n) is 4.86. The largest absolute Gasteiger partial charge is 0.503 e. The molecule has 0 spiro atoms. The van der Waals surface area contributed by atoms with Crippen molar-refractivity contribution in [1.29, 1.82) is 0 Å². The Labute approximate surface area is 107 Å². The number of likely N-dealkylation sites (tertiary alicyclic amines) is 1. The molecule has 1 amide bonds. The molecule has 7 heteroatoms. The average molecular weight is 275 g/mol. The quantitative estimate of drug-likeness (QED) is 0.762. The number of hydrogen-bond acceptors (Lipinski definition) is 3. The lowest BCUT2D eigenvalue weighted by Gasteiger charge is -2.19. The number of aliphatic hydroxyl groups is 1. The van der Waals surface area contributed by atoms with E-state index in [1.807, 2.05) is 0 Å². The van der Waals surface area contributed by atoms with Crippen molar-refractivity contribution in [1.82, 2.24) is 4.90 Å². The Morgan fingerprint density at radius 2 is 2.00 bits per heavy atom. The summed E-state index contributed by atoms with van der Waals surface area (Å²) in [5.74, 6) is -7.16. The standard InChI is InChI=1S/C12H12F3NO3/c1-12(19)2-3-16(5-12)11(18)6-4-7(13)9(15)10(17)8(6)14/h4,17,19H,2-3,5H2,1H3. The Balaban J connectivity index is 2.35. The molecule has 1 unspecified atom stereocenters. The third-order valence-corrected chi connectivity index (χ3v) is 3.10. The molecule has 1 heterocycles. The SMILES string of the molecule is CC1(O)CCN(C(=O)c2cc(F)c(F)c(O)c2F)C1. The summed E-state index contributed by atoms with van der Waals surface area (Å²) < 4.78 is 39.6. The molecule has 1 aromatic rings. The highest BCUT2D eigenvalue weighted by molar-refractivity contribution is 5.95. The summed E-state index contributed by atoms with van der Waals surface area (Å²) >= 11 is 0. The second kappa shape index (κ2) is 4.41. The highest BCUT2D eigenvalue weighted by Gasteiger charge is 2.36. The zero-order chi connectivity index (χ0) is 14.4. The highest BCUT2D eigenvalue weighted by atomic mass is 19.2. The molecule has 1 atom stereocenters. The Hall–Kier alpha value is -1.76. The molecule has 4 nitrogen and oxygen atoms in total. The molecule has 19 heavy (non-hydrogen) atoms. The van der Waals surface area contributed by atoms with E-state index in [9.17, 15) is 23.1 Å². The molecule has 1 aromatic carbocycles. The van der Waals surface area contributed by atoms with Crippen molar-refractivity contribution in [3.63, 3.8) is 0 Å². The van der Waals surface area contributed by atoms with Gasteiger partial charge < -0.3 is 15.1 Å². The summed E-state index contributed by atoms with van der Waals surface area (Å²) in [7, 11) is 0. The second-order valence-corrected chi connectivity index (χ2v) is 4.86. The van der Waals surface area contributed by atoms with Gasteiger partial charge >= 0.3 is 0 Å². The summed E-state index contributed by atoms with van der Waals surface area (Å²) in [6, 6.07) is 0.403. The number of nitrogens with zero attached hydrogens (tertiary/aromatic N) is 1. The molecule has 104 valence electrons. The molecule has 1 fully saturated rings. The van der Waals surface area contributed by atoms with Crippen molar-refractivity contribution >= 4 is 5.91 Å². The van der Waals surface area contributed by atoms with Crippen LogP contribution in [0.3, 0.4) is 0 Å². The van der Waals surface area contributed by atoms with Crippen LogP contribution < -0.4 is 0 Å². The van der Waals surface area contributed by atoms with Crippen LogP contribution in [0, 0.1) is 17.5 Å². The van der Waals surface area contributed by atoms with E-state index in [0.29, 0.717) is 12.5 Å². The maximum Gasteiger partial charge on any atom is 0.257 e. The van der Waals surface area contributed by atoms with Gasteiger partial charge in [-0.3, -0.25) is 4.79 Å². The molecule has 0 radical (unpaired) electrons. The summed E-state index contributed by atoms with van der Waals surface area (Å²) in [6.07, 6.45) is 0.302. The van der Waals surface area contributed by atoms with E-state index in [1.165, 1.54) is 6.92 Å². The number of β-amino-alcohol motifs (C(OH)–C–C–N with tert-alkyl or cyclic N) is 1. The third-order valence-electron chi connectivity index (χ3n) is 3.10. The topological polar surface area (TPSA) is 60.8 Å². The number of hydrogen-bond donors (Lipinski definition) is 2. The van der Waals surface area contributed by atoms with Crippen LogP contribution in [-0.2, 0) is 0 Å². The first-order valence-corrected chi connectivity index (χ1v) is 5.61. The van der Waals surface area contributed by atoms with E-state index in [2.05, 4.69) is 0 Å². The minimum atomic E-state index is -1.73. The summed E-state index contributed by atoms with van der Waals surface area (Å²) in [5, 5.41) is 18.8. The average Bonchev–Trinajstić information content (AvgIpc) is 2.71. The van der Waals surface area contributed by atoms with Gasteiger partial charge in [-0.1, -0.05) is 0 Å². The van der Waals surface area contributed by atoms with Crippen molar-refractivity contribution in [2.24, 2.45) is 0 Å². The first-order valence-electron chi connectivity index (χ1n) is 5.61. The number of rotatable bonds is 1. The van der Waals surface area contributed by atoms with Crippen LogP contribution in [0.25, 0.3) is 0 Å². The predicted molar refractivity (Wildman–Crippen MR) is 59.1 cm³/mol. The van der Waals surface area contributed by atoms with Crippen molar-refractivity contribution < 1.29 is 28.2 Å². The molecule has 1 aliphatic rings. The molecule has 2 rings (SSSR count). The van der Waals surface area contributed by atoms with Crippen molar-refractivity contribution in [2.75, 3.05) is 13.1 Å². The number of amides is 1. The Morgan fingerprint density at radius 3 is 2.53 bits per heavy atom. The normalized spacial score (nSPS) is 22.9. The summed E-state index contributed by atoms with van der Waals surface area (Å²) in [4.78, 5) is 13.1. The van der Waals surface area contributed by atoms with Gasteiger partial charge in [-0.25, -0.2) is 8.78 Å². The van der Waals surface area contributed by atoms with Crippen LogP contribution in [0.15, 0.2) is 6.07 Å². The van der Waals surface area contributed by atoms with E-state index >= 15 is 0 Å². The Morgan fingerprint density at radius 1 is 1.37 bits per heavy atom. The van der Waals surface area contributed by atoms with Gasteiger partial charge in [0.1, 0.15) is 0 Å². The number of phenolic OH excluding ortho intramolecular Hbond substituents is 1. The minimum absolute atomic E-state index is 0.0367. The summed E-state index contributed by atoms with van der Waals surface area (Å²) in [6.45, 7) is 1.65. The molecular formula is C12H12F3NO3. The van der Waals surface area contributed by atoms with Gasteiger partial charge in [0, 0.05) is 13.1 Å². The number of benzene rings is 1. The first kappa shape index (κ1) is 13.7. The van der Waals surface area contributed by atoms with E-state index in [4.69, 9.17) is 5.11 Å². The van der Waals surface area contributed by atoms with Gasteiger partial charge in [0.2, 0.25) is 5.82 Å². The summed E-state index contributed by atoms with van der Waals surface area (Å²) in [5.41, 5.74) is -1.85. The maximum atomic E-state index is 13.6. The van der Waals surface area contributed by atoms with Crippen LogP contribution in [0.2, 0.25) is 0 Å². The molecule has 0 aromatic heterocycles. The van der Waals surface area contributed by atoms with Crippen LogP contribution in [0.1, 0.15) is 23.7 Å².